The van der Waals surface area contributed by atoms with Gasteiger partial charge < -0.3 is 19.7 Å². The number of nitrogens with one attached hydrogen (secondary N) is 1. The van der Waals surface area contributed by atoms with E-state index in [1.807, 2.05) is 19.0 Å². The van der Waals surface area contributed by atoms with E-state index in [0.29, 0.717) is 6.10 Å². The highest BCUT2D eigenvalue weighted by atomic mass is 32.1. The topological polar surface area (TPSA) is 46.6 Å². The van der Waals surface area contributed by atoms with Gasteiger partial charge >= 0.3 is 0 Å². The molecule has 1 aromatic heterocycles. The van der Waals surface area contributed by atoms with Crippen LogP contribution in [-0.4, -0.2) is 45.4 Å². The van der Waals surface area contributed by atoms with Crippen molar-refractivity contribution < 1.29 is 9.47 Å². The minimum absolute atomic E-state index is 0.328. The molecule has 1 aromatic rings. The Morgan fingerprint density at radius 2 is 2.05 bits per heavy atom. The van der Waals surface area contributed by atoms with Gasteiger partial charge in [-0.2, -0.15) is 4.98 Å². The predicted octanol–water partition coefficient (Wildman–Crippen LogP) is 2.51. The second-order valence-electron chi connectivity index (χ2n) is 5.13. The van der Waals surface area contributed by atoms with Crippen LogP contribution < -0.4 is 15.0 Å². The quantitative estimate of drug-likeness (QED) is 0.673. The van der Waals surface area contributed by atoms with Gasteiger partial charge in [0.25, 0.3) is 0 Å². The van der Waals surface area contributed by atoms with E-state index < -0.39 is 0 Å². The van der Waals surface area contributed by atoms with Gasteiger partial charge in [0.1, 0.15) is 0 Å². The van der Waals surface area contributed by atoms with Crippen molar-refractivity contribution in [1.82, 2.24) is 10.3 Å². The monoisotopic (exact) mass is 301 g/mol. The van der Waals surface area contributed by atoms with E-state index >= 15 is 0 Å². The van der Waals surface area contributed by atoms with Crippen LogP contribution >= 0.6 is 11.3 Å². The van der Waals surface area contributed by atoms with Gasteiger partial charge in [-0.05, 0) is 33.2 Å². The molecular weight excluding hydrogens is 274 g/mol. The fourth-order valence-corrected chi connectivity index (χ4v) is 2.58. The number of nitrogens with zero attached hydrogens (tertiary/aromatic N) is 2. The lowest BCUT2D eigenvalue weighted by Crippen LogP contribution is -2.15. The van der Waals surface area contributed by atoms with E-state index in [1.54, 1.807) is 18.4 Å². The first-order valence-electron chi connectivity index (χ1n) is 7.08. The zero-order valence-electron chi connectivity index (χ0n) is 13.2. The summed E-state index contributed by atoms with van der Waals surface area (Å²) >= 11 is 1.67. The maximum absolute atomic E-state index is 5.51. The molecular formula is C14H27N3O2S. The number of unbranched alkanes of at least 4 members (excludes halogenated alkanes) is 1. The number of thiazole rings is 1. The molecule has 0 aliphatic heterocycles. The zero-order chi connectivity index (χ0) is 15.0. The number of methoxy groups -OCH3 is 1. The third-order valence-electron chi connectivity index (χ3n) is 2.71. The minimum atomic E-state index is 0.328. The van der Waals surface area contributed by atoms with Gasteiger partial charge in [0.05, 0.1) is 18.1 Å². The Morgan fingerprint density at radius 3 is 2.65 bits per heavy atom. The van der Waals surface area contributed by atoms with Crippen molar-refractivity contribution >= 4 is 16.5 Å². The number of rotatable bonds is 10. The Labute approximate surface area is 126 Å². The standard InChI is InChI=1S/C14H27N3O2S/c1-11(2)19-9-7-6-8-15-10-12-13(18-5)16-14(20-12)17(3)4/h11,15H,6-10H2,1-5H3. The first kappa shape index (κ1) is 17.2. The maximum atomic E-state index is 5.51. The van der Waals surface area contributed by atoms with Crippen molar-refractivity contribution in [3.8, 4) is 5.88 Å². The van der Waals surface area contributed by atoms with Crippen LogP contribution in [0.5, 0.6) is 5.88 Å². The van der Waals surface area contributed by atoms with E-state index in [2.05, 4.69) is 24.1 Å². The van der Waals surface area contributed by atoms with Crippen molar-refractivity contribution in [2.24, 2.45) is 0 Å². The summed E-state index contributed by atoms with van der Waals surface area (Å²) in [5.41, 5.74) is 0. The molecule has 0 saturated heterocycles. The van der Waals surface area contributed by atoms with Crippen molar-refractivity contribution in [1.29, 1.82) is 0 Å². The number of anilines is 1. The molecule has 1 heterocycles. The molecule has 0 saturated carbocycles. The lowest BCUT2D eigenvalue weighted by Gasteiger charge is -2.07. The lowest BCUT2D eigenvalue weighted by atomic mass is 10.3. The molecule has 0 fully saturated rings. The summed E-state index contributed by atoms with van der Waals surface area (Å²) in [5, 5.41) is 4.41. The summed E-state index contributed by atoms with van der Waals surface area (Å²) in [6, 6.07) is 0. The second-order valence-corrected chi connectivity index (χ2v) is 6.19. The summed E-state index contributed by atoms with van der Waals surface area (Å²) in [7, 11) is 5.65. The Bertz CT molecular complexity index is 380. The minimum Gasteiger partial charge on any atom is -0.480 e. The van der Waals surface area contributed by atoms with Gasteiger partial charge in [-0.1, -0.05) is 11.3 Å². The smallest absolute Gasteiger partial charge is 0.230 e. The SMILES string of the molecule is COc1nc(N(C)C)sc1CNCCCCOC(C)C. The summed E-state index contributed by atoms with van der Waals surface area (Å²) < 4.78 is 10.8. The van der Waals surface area contributed by atoms with E-state index in [0.717, 1.165) is 48.4 Å². The van der Waals surface area contributed by atoms with Crippen LogP contribution in [-0.2, 0) is 11.3 Å². The predicted molar refractivity (Wildman–Crippen MR) is 85.0 cm³/mol. The molecule has 0 atom stereocenters. The fraction of sp³-hybridized carbons (Fsp3) is 0.786. The third-order valence-corrected chi connectivity index (χ3v) is 3.92. The average Bonchev–Trinajstić information content (AvgIpc) is 2.80. The van der Waals surface area contributed by atoms with Crippen LogP contribution in [0, 0.1) is 0 Å². The molecule has 5 nitrogen and oxygen atoms in total. The van der Waals surface area contributed by atoms with E-state index in [9.17, 15) is 0 Å². The van der Waals surface area contributed by atoms with Crippen LogP contribution in [0.25, 0.3) is 0 Å². The van der Waals surface area contributed by atoms with Crippen molar-refractivity contribution in [2.75, 3.05) is 39.3 Å². The van der Waals surface area contributed by atoms with E-state index in [4.69, 9.17) is 9.47 Å². The van der Waals surface area contributed by atoms with Crippen LogP contribution in [0.3, 0.4) is 0 Å². The Kier molecular flexibility index (Phi) is 7.87. The Morgan fingerprint density at radius 1 is 1.30 bits per heavy atom. The zero-order valence-corrected chi connectivity index (χ0v) is 14.0. The highest BCUT2D eigenvalue weighted by Gasteiger charge is 2.12. The number of aromatic nitrogens is 1. The molecule has 0 unspecified atom stereocenters. The molecule has 0 amide bonds. The normalized spacial score (nSPS) is 11.1. The third kappa shape index (κ3) is 6.07. The number of hydrogen-bond donors (Lipinski definition) is 1. The van der Waals surface area contributed by atoms with Gasteiger partial charge in [-0.25, -0.2) is 0 Å². The van der Waals surface area contributed by atoms with Gasteiger partial charge in [-0.3, -0.25) is 0 Å². The van der Waals surface area contributed by atoms with Gasteiger partial charge in [0.2, 0.25) is 5.88 Å². The molecule has 0 spiro atoms. The summed E-state index contributed by atoms with van der Waals surface area (Å²) in [5.74, 6) is 0.731. The first-order valence-corrected chi connectivity index (χ1v) is 7.89. The molecule has 0 aromatic carbocycles. The van der Waals surface area contributed by atoms with Gasteiger partial charge in [-0.15, -0.1) is 0 Å². The number of ether oxygens (including phenoxy) is 2. The summed E-state index contributed by atoms with van der Waals surface area (Å²) in [6.07, 6.45) is 2.54. The van der Waals surface area contributed by atoms with E-state index in [1.165, 1.54) is 0 Å². The molecule has 6 heteroatoms. The summed E-state index contributed by atoms with van der Waals surface area (Å²) in [4.78, 5) is 7.59. The molecule has 0 bridgehead atoms. The van der Waals surface area contributed by atoms with Crippen LogP contribution in [0.1, 0.15) is 31.6 Å². The molecule has 0 aliphatic rings. The molecule has 0 aliphatic carbocycles. The largest absolute Gasteiger partial charge is 0.480 e. The second kappa shape index (κ2) is 9.15. The number of hydrogen-bond acceptors (Lipinski definition) is 6. The molecule has 116 valence electrons. The van der Waals surface area contributed by atoms with Crippen LogP contribution in [0.15, 0.2) is 0 Å². The average molecular weight is 301 g/mol. The van der Waals surface area contributed by atoms with Crippen molar-refractivity contribution in [3.63, 3.8) is 0 Å². The van der Waals surface area contributed by atoms with Gasteiger partial charge in [0.15, 0.2) is 5.13 Å². The van der Waals surface area contributed by atoms with Gasteiger partial charge in [0, 0.05) is 27.2 Å². The molecule has 20 heavy (non-hydrogen) atoms. The van der Waals surface area contributed by atoms with Crippen molar-refractivity contribution in [3.05, 3.63) is 4.88 Å². The first-order chi connectivity index (χ1) is 9.54. The Balaban J connectivity index is 2.24. The molecule has 0 radical (unpaired) electrons. The fourth-order valence-electron chi connectivity index (χ4n) is 1.66. The van der Waals surface area contributed by atoms with Crippen LogP contribution in [0.4, 0.5) is 5.13 Å². The molecule has 1 N–H and O–H groups in total. The maximum Gasteiger partial charge on any atom is 0.230 e. The highest BCUT2D eigenvalue weighted by Crippen LogP contribution is 2.30. The molecule has 1 rings (SSSR count). The summed E-state index contributed by atoms with van der Waals surface area (Å²) in [6.45, 7) is 6.76. The van der Waals surface area contributed by atoms with E-state index in [-0.39, 0.29) is 0 Å². The van der Waals surface area contributed by atoms with Crippen LogP contribution in [0.2, 0.25) is 0 Å². The highest BCUT2D eigenvalue weighted by molar-refractivity contribution is 7.15. The lowest BCUT2D eigenvalue weighted by molar-refractivity contribution is 0.0760. The Hall–Kier alpha value is -0.850. The van der Waals surface area contributed by atoms with Crippen molar-refractivity contribution in [2.45, 2.75) is 39.3 Å².